The van der Waals surface area contributed by atoms with Gasteiger partial charge in [-0.2, -0.15) is 11.8 Å². The number of rotatable bonds is 7. The van der Waals surface area contributed by atoms with Crippen molar-refractivity contribution in [3.63, 3.8) is 0 Å². The Kier molecular flexibility index (Phi) is 5.92. The number of H-pyrrole nitrogens is 1. The van der Waals surface area contributed by atoms with Gasteiger partial charge in [0.1, 0.15) is 22.2 Å². The molecule has 0 fully saturated rings. The number of thioether (sulfide) groups is 1. The number of aromatic nitrogens is 2. The summed E-state index contributed by atoms with van der Waals surface area (Å²) in [6.07, 6.45) is 3.23. The lowest BCUT2D eigenvalue weighted by Crippen LogP contribution is -2.14. The van der Waals surface area contributed by atoms with Crippen LogP contribution in [0.1, 0.15) is 29.6 Å². The van der Waals surface area contributed by atoms with E-state index in [0.717, 1.165) is 52.6 Å². The maximum Gasteiger partial charge on any atom is 0.259 e. The molecule has 1 N–H and O–H groups in total. The summed E-state index contributed by atoms with van der Waals surface area (Å²) in [4.78, 5) is 22.6. The van der Waals surface area contributed by atoms with Crippen LogP contribution in [0.4, 0.5) is 0 Å². The highest BCUT2D eigenvalue weighted by molar-refractivity contribution is 7.98. The molecule has 3 aromatic rings. The van der Waals surface area contributed by atoms with Crippen molar-refractivity contribution in [1.29, 1.82) is 0 Å². The monoisotopic (exact) mass is 416 g/mol. The number of hydrogen-bond donors (Lipinski definition) is 1. The zero-order valence-corrected chi connectivity index (χ0v) is 17.8. The molecule has 7 heteroatoms. The predicted octanol–water partition coefficient (Wildman–Crippen LogP) is 4.43. The lowest BCUT2D eigenvalue weighted by molar-refractivity contribution is 0.342. The minimum absolute atomic E-state index is 0.0159. The molecule has 28 heavy (non-hydrogen) atoms. The number of fused-ring (bicyclic) bond motifs is 3. The molecule has 148 valence electrons. The first kappa shape index (κ1) is 19.3. The van der Waals surface area contributed by atoms with E-state index in [4.69, 9.17) is 14.5 Å². The standard InChI is InChI=1S/C21H24N2O3S2/c1-13-3-8-16-17(11-13)28-21-19(16)20(24)22-18(23-21)12-27-10-9-26-15-6-4-14(25-2)5-7-15/h4-7,13H,3,8-12H2,1-2H3,(H,22,23,24)/t13-/m1/s1. The van der Waals surface area contributed by atoms with Crippen LogP contribution in [-0.4, -0.2) is 29.4 Å². The van der Waals surface area contributed by atoms with Gasteiger partial charge in [-0.05, 0) is 55.0 Å². The molecule has 2 aromatic heterocycles. The van der Waals surface area contributed by atoms with Gasteiger partial charge in [-0.1, -0.05) is 6.92 Å². The van der Waals surface area contributed by atoms with E-state index in [1.165, 1.54) is 10.4 Å². The Morgan fingerprint density at radius 2 is 2.07 bits per heavy atom. The number of methoxy groups -OCH3 is 1. The Morgan fingerprint density at radius 1 is 1.29 bits per heavy atom. The van der Waals surface area contributed by atoms with Crippen molar-refractivity contribution in [2.75, 3.05) is 19.5 Å². The number of thiophene rings is 1. The summed E-state index contributed by atoms with van der Waals surface area (Å²) in [6, 6.07) is 7.56. The number of nitrogens with zero attached hydrogens (tertiary/aromatic N) is 1. The Morgan fingerprint density at radius 3 is 2.86 bits per heavy atom. The van der Waals surface area contributed by atoms with Gasteiger partial charge in [-0.15, -0.1) is 11.3 Å². The van der Waals surface area contributed by atoms with E-state index in [1.54, 1.807) is 30.2 Å². The lowest BCUT2D eigenvalue weighted by Gasteiger charge is -2.17. The Labute approximate surface area is 172 Å². The topological polar surface area (TPSA) is 64.2 Å². The molecule has 1 atom stereocenters. The SMILES string of the molecule is COc1ccc(OCCSCc2nc3sc4c(c3c(=O)[nH]2)CC[C@@H](C)C4)cc1. The van der Waals surface area contributed by atoms with Crippen LogP contribution in [0.15, 0.2) is 29.1 Å². The van der Waals surface area contributed by atoms with E-state index in [9.17, 15) is 4.79 Å². The quantitative estimate of drug-likeness (QED) is 0.577. The highest BCUT2D eigenvalue weighted by Crippen LogP contribution is 2.35. The molecule has 0 aliphatic heterocycles. The average molecular weight is 417 g/mol. The van der Waals surface area contributed by atoms with Crippen molar-refractivity contribution in [3.8, 4) is 11.5 Å². The van der Waals surface area contributed by atoms with Gasteiger partial charge >= 0.3 is 0 Å². The number of ether oxygens (including phenoxy) is 2. The molecular formula is C21H24N2O3S2. The summed E-state index contributed by atoms with van der Waals surface area (Å²) in [5.74, 6) is 4.59. The van der Waals surface area contributed by atoms with Gasteiger partial charge in [0.05, 0.1) is 24.9 Å². The molecule has 0 amide bonds. The third-order valence-electron chi connectivity index (χ3n) is 5.01. The first-order valence-electron chi connectivity index (χ1n) is 9.52. The minimum Gasteiger partial charge on any atom is -0.497 e. The molecule has 5 nitrogen and oxygen atoms in total. The summed E-state index contributed by atoms with van der Waals surface area (Å²) in [5, 5.41) is 0.823. The second-order valence-electron chi connectivity index (χ2n) is 7.12. The third kappa shape index (κ3) is 4.20. The van der Waals surface area contributed by atoms with E-state index >= 15 is 0 Å². The van der Waals surface area contributed by atoms with Gasteiger partial charge in [-0.25, -0.2) is 4.98 Å². The minimum atomic E-state index is 0.0159. The van der Waals surface area contributed by atoms with Crippen molar-refractivity contribution in [2.45, 2.75) is 31.9 Å². The third-order valence-corrected chi connectivity index (χ3v) is 7.09. The van der Waals surface area contributed by atoms with Crippen molar-refractivity contribution < 1.29 is 9.47 Å². The zero-order valence-electron chi connectivity index (χ0n) is 16.1. The summed E-state index contributed by atoms with van der Waals surface area (Å²) in [6.45, 7) is 2.88. The normalized spacial score (nSPS) is 16.1. The summed E-state index contributed by atoms with van der Waals surface area (Å²) in [7, 11) is 1.65. The van der Waals surface area contributed by atoms with E-state index in [1.807, 2.05) is 24.3 Å². The van der Waals surface area contributed by atoms with Crippen molar-refractivity contribution in [1.82, 2.24) is 9.97 Å². The van der Waals surface area contributed by atoms with Gasteiger partial charge in [0, 0.05) is 10.6 Å². The van der Waals surface area contributed by atoms with Crippen molar-refractivity contribution >= 4 is 33.3 Å². The Balaban J connectivity index is 1.34. The molecule has 0 spiro atoms. The van der Waals surface area contributed by atoms with E-state index in [2.05, 4.69) is 11.9 Å². The van der Waals surface area contributed by atoms with E-state index < -0.39 is 0 Å². The molecule has 0 saturated heterocycles. The molecule has 0 unspecified atom stereocenters. The fraction of sp³-hybridized carbons (Fsp3) is 0.429. The van der Waals surface area contributed by atoms with Crippen LogP contribution < -0.4 is 15.0 Å². The van der Waals surface area contributed by atoms with Gasteiger partial charge in [-0.3, -0.25) is 4.79 Å². The average Bonchev–Trinajstić information content (AvgIpc) is 3.06. The molecule has 1 aromatic carbocycles. The molecule has 0 saturated carbocycles. The highest BCUT2D eigenvalue weighted by Gasteiger charge is 2.22. The van der Waals surface area contributed by atoms with Gasteiger partial charge in [0.2, 0.25) is 0 Å². The number of benzene rings is 1. The van der Waals surface area contributed by atoms with Gasteiger partial charge in [0.15, 0.2) is 0 Å². The number of aromatic amines is 1. The Hall–Kier alpha value is -1.99. The van der Waals surface area contributed by atoms with E-state index in [-0.39, 0.29) is 5.56 Å². The van der Waals surface area contributed by atoms with Crippen LogP contribution in [0.5, 0.6) is 11.5 Å². The maximum atomic E-state index is 12.6. The van der Waals surface area contributed by atoms with Gasteiger partial charge in [0.25, 0.3) is 5.56 Å². The zero-order chi connectivity index (χ0) is 19.5. The first-order valence-corrected chi connectivity index (χ1v) is 11.5. The molecule has 1 aliphatic carbocycles. The smallest absolute Gasteiger partial charge is 0.259 e. The first-order chi connectivity index (χ1) is 13.6. The second-order valence-corrected chi connectivity index (χ2v) is 9.31. The van der Waals surface area contributed by atoms with E-state index in [0.29, 0.717) is 18.3 Å². The number of hydrogen-bond acceptors (Lipinski definition) is 6. The molecular weight excluding hydrogens is 392 g/mol. The van der Waals surface area contributed by atoms with Crippen LogP contribution >= 0.6 is 23.1 Å². The van der Waals surface area contributed by atoms with Crippen LogP contribution in [0.25, 0.3) is 10.2 Å². The maximum absolute atomic E-state index is 12.6. The molecule has 2 heterocycles. The van der Waals surface area contributed by atoms with Crippen molar-refractivity contribution in [3.05, 3.63) is 50.9 Å². The van der Waals surface area contributed by atoms with Crippen LogP contribution in [0, 0.1) is 5.92 Å². The van der Waals surface area contributed by atoms with Crippen molar-refractivity contribution in [2.24, 2.45) is 5.92 Å². The predicted molar refractivity (Wildman–Crippen MR) is 116 cm³/mol. The fourth-order valence-corrected chi connectivity index (χ4v) is 5.60. The number of nitrogens with one attached hydrogen (secondary N) is 1. The van der Waals surface area contributed by atoms with Gasteiger partial charge < -0.3 is 14.5 Å². The van der Waals surface area contributed by atoms with Crippen LogP contribution in [-0.2, 0) is 18.6 Å². The summed E-state index contributed by atoms with van der Waals surface area (Å²) >= 11 is 3.41. The number of aryl methyl sites for hydroxylation is 1. The molecule has 1 aliphatic rings. The molecule has 4 rings (SSSR count). The highest BCUT2D eigenvalue weighted by atomic mass is 32.2. The molecule has 0 radical (unpaired) electrons. The second kappa shape index (κ2) is 8.57. The largest absolute Gasteiger partial charge is 0.497 e. The Bertz CT molecular complexity index is 1010. The van der Waals surface area contributed by atoms with Crippen LogP contribution in [0.2, 0.25) is 0 Å². The summed E-state index contributed by atoms with van der Waals surface area (Å²) in [5.41, 5.74) is 1.25. The summed E-state index contributed by atoms with van der Waals surface area (Å²) < 4.78 is 10.9. The lowest BCUT2D eigenvalue weighted by atomic mass is 9.89. The fourth-order valence-electron chi connectivity index (χ4n) is 3.52. The van der Waals surface area contributed by atoms with Crippen LogP contribution in [0.3, 0.4) is 0 Å². The molecule has 0 bridgehead atoms.